The SMILES string of the molecule is O=C(c1ccc(Cl)cc1)N(CCCl)CC(F)(F)F. The number of carbonyl (C=O) groups excluding carboxylic acids is 1. The van der Waals surface area contributed by atoms with Gasteiger partial charge in [0.05, 0.1) is 0 Å². The third-order valence-electron chi connectivity index (χ3n) is 2.10. The summed E-state index contributed by atoms with van der Waals surface area (Å²) < 4.78 is 36.9. The van der Waals surface area contributed by atoms with Crippen LogP contribution in [-0.2, 0) is 0 Å². The number of alkyl halides is 4. The molecule has 1 aromatic carbocycles. The topological polar surface area (TPSA) is 20.3 Å². The molecule has 1 amide bonds. The minimum atomic E-state index is -4.45. The largest absolute Gasteiger partial charge is 0.406 e. The van der Waals surface area contributed by atoms with Gasteiger partial charge in [0.2, 0.25) is 0 Å². The Bertz CT molecular complexity index is 406. The molecule has 0 aromatic heterocycles. The van der Waals surface area contributed by atoms with E-state index in [2.05, 4.69) is 0 Å². The second kappa shape index (κ2) is 6.29. The van der Waals surface area contributed by atoms with E-state index in [9.17, 15) is 18.0 Å². The second-order valence-electron chi connectivity index (χ2n) is 3.54. The minimum absolute atomic E-state index is 0.0601. The number of halogens is 5. The molecule has 0 spiro atoms. The van der Waals surface area contributed by atoms with Crippen molar-refractivity contribution in [1.82, 2.24) is 4.90 Å². The van der Waals surface area contributed by atoms with Gasteiger partial charge >= 0.3 is 6.18 Å². The van der Waals surface area contributed by atoms with Crippen molar-refractivity contribution in [3.63, 3.8) is 0 Å². The lowest BCUT2D eigenvalue weighted by atomic mass is 10.2. The van der Waals surface area contributed by atoms with Gasteiger partial charge in [-0.3, -0.25) is 4.79 Å². The number of rotatable bonds is 4. The number of hydrogen-bond donors (Lipinski definition) is 0. The molecule has 0 unspecified atom stereocenters. The van der Waals surface area contributed by atoms with Crippen molar-refractivity contribution in [2.45, 2.75) is 6.18 Å². The highest BCUT2D eigenvalue weighted by molar-refractivity contribution is 6.30. The molecule has 0 radical (unpaired) electrons. The van der Waals surface area contributed by atoms with Gasteiger partial charge in [0, 0.05) is 23.0 Å². The van der Waals surface area contributed by atoms with Crippen molar-refractivity contribution in [2.24, 2.45) is 0 Å². The summed E-state index contributed by atoms with van der Waals surface area (Å²) in [6.07, 6.45) is -4.45. The molecule has 0 N–H and O–H groups in total. The normalized spacial score (nSPS) is 11.4. The van der Waals surface area contributed by atoms with Gasteiger partial charge in [-0.2, -0.15) is 13.2 Å². The first kappa shape index (κ1) is 15.1. The molecule has 100 valence electrons. The summed E-state index contributed by atoms with van der Waals surface area (Å²) in [6.45, 7) is -1.48. The summed E-state index contributed by atoms with van der Waals surface area (Å²) in [7, 11) is 0. The van der Waals surface area contributed by atoms with E-state index in [-0.39, 0.29) is 18.0 Å². The Kier molecular flexibility index (Phi) is 5.28. The average Bonchev–Trinajstić information content (AvgIpc) is 2.27. The van der Waals surface area contributed by atoms with E-state index < -0.39 is 18.6 Å². The van der Waals surface area contributed by atoms with Crippen molar-refractivity contribution in [3.8, 4) is 0 Å². The maximum atomic E-state index is 12.3. The molecule has 18 heavy (non-hydrogen) atoms. The summed E-state index contributed by atoms with van der Waals surface area (Å²) in [5, 5.41) is 0.409. The quantitative estimate of drug-likeness (QED) is 0.778. The zero-order valence-electron chi connectivity index (χ0n) is 9.18. The number of nitrogens with zero attached hydrogens (tertiary/aromatic N) is 1. The van der Waals surface area contributed by atoms with Crippen LogP contribution in [0.1, 0.15) is 10.4 Å². The molecule has 0 saturated carbocycles. The molecule has 0 saturated heterocycles. The highest BCUT2D eigenvalue weighted by Gasteiger charge is 2.33. The maximum absolute atomic E-state index is 12.3. The molecule has 2 nitrogen and oxygen atoms in total. The fourth-order valence-corrected chi connectivity index (χ4v) is 1.68. The third kappa shape index (κ3) is 4.74. The molecule has 0 heterocycles. The summed E-state index contributed by atoms with van der Waals surface area (Å²) in [5.41, 5.74) is 0.147. The standard InChI is InChI=1S/C11H10Cl2F3NO/c12-5-6-17(7-11(14,15)16)10(18)8-1-3-9(13)4-2-8/h1-4H,5-7H2. The molecule has 0 aliphatic heterocycles. The third-order valence-corrected chi connectivity index (χ3v) is 2.52. The number of hydrogen-bond acceptors (Lipinski definition) is 1. The monoisotopic (exact) mass is 299 g/mol. The van der Waals surface area contributed by atoms with Gasteiger partial charge in [0.15, 0.2) is 0 Å². The van der Waals surface area contributed by atoms with Crippen LogP contribution in [-0.4, -0.2) is 36.0 Å². The lowest BCUT2D eigenvalue weighted by Gasteiger charge is -2.23. The fourth-order valence-electron chi connectivity index (χ4n) is 1.35. The molecule has 0 bridgehead atoms. The average molecular weight is 300 g/mol. The first-order valence-electron chi connectivity index (χ1n) is 5.01. The Labute approximate surface area is 112 Å². The van der Waals surface area contributed by atoms with Gasteiger partial charge in [-0.15, -0.1) is 11.6 Å². The van der Waals surface area contributed by atoms with Gasteiger partial charge in [-0.1, -0.05) is 11.6 Å². The van der Waals surface area contributed by atoms with Gasteiger partial charge in [0.1, 0.15) is 6.54 Å². The molecule has 0 fully saturated rings. The highest BCUT2D eigenvalue weighted by atomic mass is 35.5. The molecule has 0 aliphatic rings. The molecular weight excluding hydrogens is 290 g/mol. The van der Waals surface area contributed by atoms with E-state index in [0.29, 0.717) is 9.92 Å². The Morgan fingerprint density at radius 3 is 2.22 bits per heavy atom. The first-order valence-corrected chi connectivity index (χ1v) is 5.92. The van der Waals surface area contributed by atoms with Gasteiger partial charge in [-0.05, 0) is 24.3 Å². The predicted molar refractivity (Wildman–Crippen MR) is 64.1 cm³/mol. The zero-order chi connectivity index (χ0) is 13.8. The minimum Gasteiger partial charge on any atom is -0.328 e. The van der Waals surface area contributed by atoms with Crippen LogP contribution in [0.3, 0.4) is 0 Å². The van der Waals surface area contributed by atoms with E-state index in [1.54, 1.807) is 0 Å². The Morgan fingerprint density at radius 2 is 1.78 bits per heavy atom. The summed E-state index contributed by atoms with van der Waals surface area (Å²) in [6, 6.07) is 5.65. The van der Waals surface area contributed by atoms with Crippen LogP contribution >= 0.6 is 23.2 Å². The molecular formula is C11H10Cl2F3NO. The van der Waals surface area contributed by atoms with Crippen LogP contribution in [0, 0.1) is 0 Å². The first-order chi connectivity index (χ1) is 8.33. The fraction of sp³-hybridized carbons (Fsp3) is 0.364. The molecule has 0 aliphatic carbocycles. The van der Waals surface area contributed by atoms with Gasteiger partial charge < -0.3 is 4.90 Å². The lowest BCUT2D eigenvalue weighted by molar-refractivity contribution is -0.140. The maximum Gasteiger partial charge on any atom is 0.406 e. The van der Waals surface area contributed by atoms with E-state index in [4.69, 9.17) is 23.2 Å². The highest BCUT2D eigenvalue weighted by Crippen LogP contribution is 2.19. The van der Waals surface area contributed by atoms with Crippen LogP contribution in [0.15, 0.2) is 24.3 Å². The smallest absolute Gasteiger partial charge is 0.328 e. The summed E-state index contributed by atoms with van der Waals surface area (Å²) in [4.78, 5) is 12.5. The van der Waals surface area contributed by atoms with Crippen LogP contribution in [0.4, 0.5) is 13.2 Å². The lowest BCUT2D eigenvalue weighted by Crippen LogP contribution is -2.40. The van der Waals surface area contributed by atoms with E-state index in [0.717, 1.165) is 0 Å². The number of carbonyl (C=O) groups is 1. The molecule has 0 atom stereocenters. The van der Waals surface area contributed by atoms with Crippen LogP contribution in [0.5, 0.6) is 0 Å². The van der Waals surface area contributed by atoms with Crippen molar-refractivity contribution < 1.29 is 18.0 Å². The molecule has 1 aromatic rings. The van der Waals surface area contributed by atoms with E-state index in [1.807, 2.05) is 0 Å². The summed E-state index contributed by atoms with van der Waals surface area (Å²) in [5.74, 6) is -0.778. The van der Waals surface area contributed by atoms with Gasteiger partial charge in [-0.25, -0.2) is 0 Å². The Hall–Kier alpha value is -0.940. The van der Waals surface area contributed by atoms with Crippen molar-refractivity contribution in [2.75, 3.05) is 19.0 Å². The number of benzene rings is 1. The van der Waals surface area contributed by atoms with Gasteiger partial charge in [0.25, 0.3) is 5.91 Å². The zero-order valence-corrected chi connectivity index (χ0v) is 10.7. The van der Waals surface area contributed by atoms with Crippen LogP contribution in [0.2, 0.25) is 5.02 Å². The van der Waals surface area contributed by atoms with E-state index >= 15 is 0 Å². The second-order valence-corrected chi connectivity index (χ2v) is 4.35. The molecule has 7 heteroatoms. The van der Waals surface area contributed by atoms with E-state index in [1.165, 1.54) is 24.3 Å². The van der Waals surface area contributed by atoms with Crippen LogP contribution < -0.4 is 0 Å². The van der Waals surface area contributed by atoms with Crippen molar-refractivity contribution in [3.05, 3.63) is 34.9 Å². The predicted octanol–water partition coefficient (Wildman–Crippen LogP) is 3.58. The Morgan fingerprint density at radius 1 is 1.22 bits per heavy atom. The van der Waals surface area contributed by atoms with Crippen molar-refractivity contribution >= 4 is 29.1 Å². The van der Waals surface area contributed by atoms with Crippen LogP contribution in [0.25, 0.3) is 0 Å². The molecule has 1 rings (SSSR count). The Balaban J connectivity index is 2.85. The van der Waals surface area contributed by atoms with Crippen molar-refractivity contribution in [1.29, 1.82) is 0 Å². The summed E-state index contributed by atoms with van der Waals surface area (Å²) >= 11 is 11.0. The number of amides is 1.